The van der Waals surface area contributed by atoms with Crippen LogP contribution in [0.4, 0.5) is 13.2 Å². The predicted molar refractivity (Wildman–Crippen MR) is 64.8 cm³/mol. The van der Waals surface area contributed by atoms with Crippen LogP contribution in [0.25, 0.3) is 0 Å². The Labute approximate surface area is 110 Å². The molecule has 8 heteroatoms. The third-order valence-electron chi connectivity index (χ3n) is 2.49. The molecule has 0 spiro atoms. The molecule has 2 rings (SSSR count). The second kappa shape index (κ2) is 5.12. The first-order chi connectivity index (χ1) is 8.88. The third kappa shape index (κ3) is 3.19. The van der Waals surface area contributed by atoms with Gasteiger partial charge in [0.15, 0.2) is 5.16 Å². The van der Waals surface area contributed by atoms with E-state index in [4.69, 9.17) is 0 Å². The van der Waals surface area contributed by atoms with E-state index in [0.717, 1.165) is 17.7 Å². The third-order valence-corrected chi connectivity index (χ3v) is 3.59. The van der Waals surface area contributed by atoms with Crippen LogP contribution in [0, 0.1) is 0 Å². The highest BCUT2D eigenvalue weighted by Crippen LogP contribution is 2.29. The Bertz CT molecular complexity index is 615. The molecule has 1 aromatic carbocycles. The number of aromatic amines is 1. The van der Waals surface area contributed by atoms with Gasteiger partial charge in [-0.1, -0.05) is 23.9 Å². The molecular weight excluding hydrogens is 279 g/mol. The normalized spacial score (nSPS) is 11.8. The van der Waals surface area contributed by atoms with Crippen LogP contribution in [0.15, 0.2) is 34.2 Å². The van der Waals surface area contributed by atoms with Crippen molar-refractivity contribution in [1.82, 2.24) is 14.8 Å². The SMILES string of the molecule is Cn1c(SCc2ccc(C(F)(F)F)cc2)n[nH]c1=O. The van der Waals surface area contributed by atoms with Crippen LogP contribution < -0.4 is 5.69 Å². The summed E-state index contributed by atoms with van der Waals surface area (Å²) in [6, 6.07) is 4.92. The molecule has 0 saturated carbocycles. The summed E-state index contributed by atoms with van der Waals surface area (Å²) >= 11 is 1.27. The standard InChI is InChI=1S/C11H10F3N3OS/c1-17-9(18)15-16-10(17)19-6-7-2-4-8(5-3-7)11(12,13)14/h2-5H,6H2,1H3,(H,15,18). The number of thioether (sulfide) groups is 1. The van der Waals surface area contributed by atoms with E-state index < -0.39 is 11.7 Å². The van der Waals surface area contributed by atoms with E-state index >= 15 is 0 Å². The summed E-state index contributed by atoms with van der Waals surface area (Å²) in [5, 5.41) is 6.58. The van der Waals surface area contributed by atoms with Gasteiger partial charge in [0, 0.05) is 12.8 Å². The fraction of sp³-hybridized carbons (Fsp3) is 0.273. The minimum Gasteiger partial charge on any atom is -0.273 e. The number of benzene rings is 1. The highest BCUT2D eigenvalue weighted by atomic mass is 32.2. The zero-order valence-corrected chi connectivity index (χ0v) is 10.7. The maximum atomic E-state index is 12.4. The van der Waals surface area contributed by atoms with Crippen LogP contribution in [0.2, 0.25) is 0 Å². The number of hydrogen-bond donors (Lipinski definition) is 1. The molecule has 0 fully saturated rings. The molecule has 4 nitrogen and oxygen atoms in total. The van der Waals surface area contributed by atoms with Crippen molar-refractivity contribution < 1.29 is 13.2 Å². The molecule has 0 aliphatic heterocycles. The van der Waals surface area contributed by atoms with E-state index in [0.29, 0.717) is 10.9 Å². The summed E-state index contributed by atoms with van der Waals surface area (Å²) in [5.74, 6) is 0.441. The van der Waals surface area contributed by atoms with Crippen molar-refractivity contribution in [3.05, 3.63) is 45.9 Å². The minimum atomic E-state index is -4.32. The second-order valence-corrected chi connectivity index (χ2v) is 4.80. The maximum absolute atomic E-state index is 12.4. The maximum Gasteiger partial charge on any atom is 0.416 e. The van der Waals surface area contributed by atoms with Gasteiger partial charge >= 0.3 is 11.9 Å². The minimum absolute atomic E-state index is 0.324. The molecule has 102 valence electrons. The number of H-pyrrole nitrogens is 1. The Morgan fingerprint density at radius 3 is 2.42 bits per heavy atom. The van der Waals surface area contributed by atoms with E-state index in [9.17, 15) is 18.0 Å². The molecule has 0 atom stereocenters. The molecule has 0 amide bonds. The fourth-order valence-corrected chi connectivity index (χ4v) is 2.27. The van der Waals surface area contributed by atoms with Gasteiger partial charge in [-0.05, 0) is 17.7 Å². The van der Waals surface area contributed by atoms with Crippen LogP contribution in [0.5, 0.6) is 0 Å². The van der Waals surface area contributed by atoms with E-state index in [1.54, 1.807) is 7.05 Å². The molecule has 19 heavy (non-hydrogen) atoms. The largest absolute Gasteiger partial charge is 0.416 e. The molecule has 0 unspecified atom stereocenters. The predicted octanol–water partition coefficient (Wildman–Crippen LogP) is 2.42. The van der Waals surface area contributed by atoms with Gasteiger partial charge in [-0.2, -0.15) is 13.2 Å². The zero-order chi connectivity index (χ0) is 14.0. The molecule has 0 bridgehead atoms. The Morgan fingerprint density at radius 2 is 1.95 bits per heavy atom. The van der Waals surface area contributed by atoms with Crippen molar-refractivity contribution in [3.63, 3.8) is 0 Å². The van der Waals surface area contributed by atoms with Crippen LogP contribution in [-0.4, -0.2) is 14.8 Å². The van der Waals surface area contributed by atoms with Crippen molar-refractivity contribution in [2.45, 2.75) is 17.1 Å². The molecule has 0 aliphatic carbocycles. The number of nitrogens with one attached hydrogen (secondary N) is 1. The van der Waals surface area contributed by atoms with Crippen molar-refractivity contribution >= 4 is 11.8 Å². The van der Waals surface area contributed by atoms with Gasteiger partial charge < -0.3 is 0 Å². The van der Waals surface area contributed by atoms with Crippen LogP contribution in [-0.2, 0) is 19.0 Å². The van der Waals surface area contributed by atoms with Crippen molar-refractivity contribution in [3.8, 4) is 0 Å². The molecule has 0 radical (unpaired) electrons. The van der Waals surface area contributed by atoms with Gasteiger partial charge in [0.2, 0.25) is 0 Å². The van der Waals surface area contributed by atoms with Gasteiger partial charge in [0.25, 0.3) is 0 Å². The molecule has 1 aromatic heterocycles. The summed E-state index contributed by atoms with van der Waals surface area (Å²) < 4.78 is 38.4. The van der Waals surface area contributed by atoms with E-state index in [2.05, 4.69) is 10.2 Å². The topological polar surface area (TPSA) is 50.7 Å². The number of halogens is 3. The molecule has 2 aromatic rings. The van der Waals surface area contributed by atoms with Gasteiger partial charge in [-0.25, -0.2) is 9.89 Å². The van der Waals surface area contributed by atoms with E-state index in [1.807, 2.05) is 0 Å². The first-order valence-corrected chi connectivity index (χ1v) is 6.27. The lowest BCUT2D eigenvalue weighted by Gasteiger charge is -2.07. The first-order valence-electron chi connectivity index (χ1n) is 5.28. The van der Waals surface area contributed by atoms with Crippen LogP contribution >= 0.6 is 11.8 Å². The summed E-state index contributed by atoms with van der Waals surface area (Å²) in [6.45, 7) is 0. The highest BCUT2D eigenvalue weighted by Gasteiger charge is 2.29. The van der Waals surface area contributed by atoms with Crippen LogP contribution in [0.1, 0.15) is 11.1 Å². The summed E-state index contributed by atoms with van der Waals surface area (Å²) in [6.07, 6.45) is -4.32. The summed E-state index contributed by atoms with van der Waals surface area (Å²) in [5.41, 5.74) is -0.267. The van der Waals surface area contributed by atoms with Gasteiger partial charge in [-0.15, -0.1) is 5.10 Å². The lowest BCUT2D eigenvalue weighted by molar-refractivity contribution is -0.137. The Balaban J connectivity index is 2.05. The number of hydrogen-bond acceptors (Lipinski definition) is 3. The van der Waals surface area contributed by atoms with Gasteiger partial charge in [0.1, 0.15) is 0 Å². The zero-order valence-electron chi connectivity index (χ0n) is 9.86. The highest BCUT2D eigenvalue weighted by molar-refractivity contribution is 7.98. The molecule has 0 saturated heterocycles. The molecular formula is C11H10F3N3OS. The number of nitrogens with zero attached hydrogens (tertiary/aromatic N) is 2. The monoisotopic (exact) mass is 289 g/mol. The molecule has 1 heterocycles. The number of alkyl halides is 3. The van der Waals surface area contributed by atoms with Gasteiger partial charge in [-0.3, -0.25) is 4.57 Å². The van der Waals surface area contributed by atoms with Crippen molar-refractivity contribution in [2.24, 2.45) is 7.05 Å². The van der Waals surface area contributed by atoms with E-state index in [-0.39, 0.29) is 5.69 Å². The molecule has 0 aliphatic rings. The Kier molecular flexibility index (Phi) is 3.70. The fourth-order valence-electron chi connectivity index (χ4n) is 1.40. The quantitative estimate of drug-likeness (QED) is 0.883. The summed E-state index contributed by atoms with van der Waals surface area (Å²) in [7, 11) is 1.57. The first kappa shape index (κ1) is 13.7. The number of aromatic nitrogens is 3. The lowest BCUT2D eigenvalue weighted by Crippen LogP contribution is -2.12. The lowest BCUT2D eigenvalue weighted by atomic mass is 10.1. The molecule has 1 N–H and O–H groups in total. The smallest absolute Gasteiger partial charge is 0.273 e. The number of rotatable bonds is 3. The van der Waals surface area contributed by atoms with Gasteiger partial charge in [0.05, 0.1) is 5.56 Å². The Hall–Kier alpha value is -1.70. The second-order valence-electron chi connectivity index (χ2n) is 3.85. The van der Waals surface area contributed by atoms with Crippen LogP contribution in [0.3, 0.4) is 0 Å². The van der Waals surface area contributed by atoms with Crippen molar-refractivity contribution in [2.75, 3.05) is 0 Å². The van der Waals surface area contributed by atoms with E-state index in [1.165, 1.54) is 28.5 Å². The average Bonchev–Trinajstić information content (AvgIpc) is 2.67. The average molecular weight is 289 g/mol. The Morgan fingerprint density at radius 1 is 1.32 bits per heavy atom. The van der Waals surface area contributed by atoms with Crippen molar-refractivity contribution in [1.29, 1.82) is 0 Å². The summed E-state index contributed by atoms with van der Waals surface area (Å²) in [4.78, 5) is 11.1.